The smallest absolute Gasteiger partial charge is 0.343 e. The van der Waals surface area contributed by atoms with Gasteiger partial charge in [-0.2, -0.15) is 4.98 Å². The Hall–Kier alpha value is -2.78. The highest BCUT2D eigenvalue weighted by atomic mass is 35.5. The molecule has 2 fully saturated rings. The average Bonchev–Trinajstić information content (AvgIpc) is 3.36. The van der Waals surface area contributed by atoms with Crippen LogP contribution in [-0.4, -0.2) is 66.9 Å². The van der Waals surface area contributed by atoms with E-state index in [1.54, 1.807) is 23.2 Å². The third-order valence-corrected chi connectivity index (χ3v) is 6.92. The van der Waals surface area contributed by atoms with Crippen LogP contribution in [0.3, 0.4) is 0 Å². The second kappa shape index (κ2) is 9.23. The van der Waals surface area contributed by atoms with Gasteiger partial charge in [0.15, 0.2) is 5.82 Å². The van der Waals surface area contributed by atoms with Gasteiger partial charge < -0.3 is 15.0 Å². The van der Waals surface area contributed by atoms with Crippen LogP contribution in [0.5, 0.6) is 0 Å². The lowest BCUT2D eigenvalue weighted by atomic mass is 10.2. The number of fused-ring (bicyclic) bond motifs is 1. The molecule has 1 aliphatic carbocycles. The van der Waals surface area contributed by atoms with Crippen LogP contribution in [0.2, 0.25) is 5.02 Å². The lowest BCUT2D eigenvalue weighted by molar-refractivity contribution is 0.122. The monoisotopic (exact) mass is 471 g/mol. The molecule has 3 aliphatic rings. The van der Waals surface area contributed by atoms with Gasteiger partial charge in [0.05, 0.1) is 36.2 Å². The highest BCUT2D eigenvalue weighted by molar-refractivity contribution is 6.33. The van der Waals surface area contributed by atoms with Crippen molar-refractivity contribution < 1.29 is 9.53 Å². The fourth-order valence-electron chi connectivity index (χ4n) is 4.90. The summed E-state index contributed by atoms with van der Waals surface area (Å²) in [6.45, 7) is 5.67. The van der Waals surface area contributed by atoms with E-state index in [1.165, 1.54) is 12.8 Å². The molecule has 2 amide bonds. The number of benzene rings is 1. The maximum absolute atomic E-state index is 13.0. The van der Waals surface area contributed by atoms with Crippen LogP contribution >= 0.6 is 11.6 Å². The molecule has 0 atom stereocenters. The molecule has 176 valence electrons. The van der Waals surface area contributed by atoms with Crippen molar-refractivity contribution in [2.75, 3.05) is 60.0 Å². The van der Waals surface area contributed by atoms with Crippen molar-refractivity contribution in [2.45, 2.75) is 38.6 Å². The van der Waals surface area contributed by atoms with Crippen molar-refractivity contribution >= 4 is 46.5 Å². The molecule has 33 heavy (non-hydrogen) atoms. The number of morpholine rings is 1. The summed E-state index contributed by atoms with van der Waals surface area (Å²) >= 11 is 6.60. The van der Waals surface area contributed by atoms with Gasteiger partial charge in [-0.3, -0.25) is 9.91 Å². The van der Waals surface area contributed by atoms with Gasteiger partial charge in [-0.05, 0) is 38.0 Å². The van der Waals surface area contributed by atoms with E-state index in [-0.39, 0.29) is 12.1 Å². The summed E-state index contributed by atoms with van der Waals surface area (Å²) in [5, 5.41) is 7.86. The summed E-state index contributed by atoms with van der Waals surface area (Å²) in [7, 11) is 1.77. The zero-order valence-electron chi connectivity index (χ0n) is 19.1. The maximum Gasteiger partial charge on any atom is 0.343 e. The molecule has 2 aliphatic heterocycles. The van der Waals surface area contributed by atoms with Crippen molar-refractivity contribution in [3.8, 4) is 0 Å². The first-order valence-electron chi connectivity index (χ1n) is 11.7. The van der Waals surface area contributed by atoms with Crippen LogP contribution in [0.1, 0.15) is 32.6 Å². The minimum atomic E-state index is -0.0494. The van der Waals surface area contributed by atoms with Gasteiger partial charge in [0.25, 0.3) is 0 Å². The van der Waals surface area contributed by atoms with E-state index < -0.39 is 0 Å². The molecular weight excluding hydrogens is 442 g/mol. The molecule has 2 aromatic rings. The number of hydrogen-bond acceptors (Lipinski definition) is 7. The molecule has 1 saturated heterocycles. The SMILES string of the molecule is CCN1C(=O)N(C)c2cnc(Nc3ccc(N4CCOCC4)c(Cl)c3)nc2N1C1CCCC1. The lowest BCUT2D eigenvalue weighted by Gasteiger charge is -2.45. The van der Waals surface area contributed by atoms with Gasteiger partial charge in [0.2, 0.25) is 5.95 Å². The predicted octanol–water partition coefficient (Wildman–Crippen LogP) is 4.27. The Kier molecular flexibility index (Phi) is 6.16. The number of anilines is 5. The van der Waals surface area contributed by atoms with E-state index in [1.807, 2.05) is 25.1 Å². The molecule has 0 spiro atoms. The number of hydrogen-bond donors (Lipinski definition) is 1. The van der Waals surface area contributed by atoms with Crippen LogP contribution in [0.25, 0.3) is 0 Å². The number of hydrazine groups is 1. The van der Waals surface area contributed by atoms with E-state index in [2.05, 4.69) is 20.2 Å². The summed E-state index contributed by atoms with van der Waals surface area (Å²) in [6.07, 6.45) is 6.17. The van der Waals surface area contributed by atoms with Crippen molar-refractivity contribution in [3.05, 3.63) is 29.4 Å². The van der Waals surface area contributed by atoms with Gasteiger partial charge in [-0.1, -0.05) is 24.4 Å². The van der Waals surface area contributed by atoms with Crippen LogP contribution in [0.4, 0.5) is 33.6 Å². The number of carbonyl (C=O) groups is 1. The zero-order valence-corrected chi connectivity index (χ0v) is 19.9. The number of ether oxygens (including phenoxy) is 1. The van der Waals surface area contributed by atoms with Gasteiger partial charge in [0.1, 0.15) is 5.69 Å². The third-order valence-electron chi connectivity index (χ3n) is 6.62. The minimum Gasteiger partial charge on any atom is -0.378 e. The highest BCUT2D eigenvalue weighted by Gasteiger charge is 2.39. The molecule has 0 radical (unpaired) electrons. The lowest BCUT2D eigenvalue weighted by Crippen LogP contribution is -2.59. The van der Waals surface area contributed by atoms with Crippen molar-refractivity contribution in [3.63, 3.8) is 0 Å². The van der Waals surface area contributed by atoms with E-state index in [9.17, 15) is 4.79 Å². The fourth-order valence-corrected chi connectivity index (χ4v) is 5.20. The van der Waals surface area contributed by atoms with E-state index in [0.717, 1.165) is 48.8 Å². The number of urea groups is 1. The molecule has 0 unspecified atom stereocenters. The first-order chi connectivity index (χ1) is 16.1. The molecule has 1 saturated carbocycles. The average molecular weight is 472 g/mol. The van der Waals surface area contributed by atoms with E-state index >= 15 is 0 Å². The number of nitrogens with one attached hydrogen (secondary N) is 1. The molecule has 1 aromatic carbocycles. The second-order valence-corrected chi connectivity index (χ2v) is 9.04. The first-order valence-corrected chi connectivity index (χ1v) is 12.0. The molecule has 3 heterocycles. The van der Waals surface area contributed by atoms with Gasteiger partial charge in [0, 0.05) is 32.4 Å². The molecule has 10 heteroatoms. The minimum absolute atomic E-state index is 0.0494. The maximum atomic E-state index is 13.0. The number of amides is 2. The first kappa shape index (κ1) is 22.0. The van der Waals surface area contributed by atoms with Crippen molar-refractivity contribution in [1.29, 1.82) is 0 Å². The van der Waals surface area contributed by atoms with Crippen molar-refractivity contribution in [2.24, 2.45) is 0 Å². The zero-order chi connectivity index (χ0) is 22.9. The highest BCUT2D eigenvalue weighted by Crippen LogP contribution is 2.39. The fraction of sp³-hybridized carbons (Fsp3) is 0.522. The summed E-state index contributed by atoms with van der Waals surface area (Å²) in [4.78, 5) is 26.2. The summed E-state index contributed by atoms with van der Waals surface area (Å²) in [5.74, 6) is 1.24. The molecular formula is C23H30ClN7O2. The van der Waals surface area contributed by atoms with Crippen molar-refractivity contribution in [1.82, 2.24) is 15.0 Å². The number of carbonyl (C=O) groups excluding carboxylic acids is 1. The quantitative estimate of drug-likeness (QED) is 0.697. The number of rotatable bonds is 5. The van der Waals surface area contributed by atoms with Gasteiger partial charge >= 0.3 is 6.03 Å². The Bertz CT molecular complexity index is 1020. The Labute approximate surface area is 199 Å². The molecule has 9 nitrogen and oxygen atoms in total. The van der Waals surface area contributed by atoms with Gasteiger partial charge in [-0.25, -0.2) is 14.8 Å². The van der Waals surface area contributed by atoms with Crippen LogP contribution in [0, 0.1) is 0 Å². The normalized spacial score (nSPS) is 19.3. The number of aromatic nitrogens is 2. The third kappa shape index (κ3) is 4.15. The van der Waals surface area contributed by atoms with E-state index in [4.69, 9.17) is 21.3 Å². The van der Waals surface area contributed by atoms with Crippen LogP contribution in [-0.2, 0) is 4.74 Å². The Morgan fingerprint density at radius 1 is 1.18 bits per heavy atom. The molecule has 5 rings (SSSR count). The van der Waals surface area contributed by atoms with Crippen LogP contribution in [0.15, 0.2) is 24.4 Å². The summed E-state index contributed by atoms with van der Waals surface area (Å²) in [6, 6.07) is 6.13. The van der Waals surface area contributed by atoms with E-state index in [0.29, 0.717) is 30.7 Å². The molecule has 1 aromatic heterocycles. The largest absolute Gasteiger partial charge is 0.378 e. The Balaban J connectivity index is 1.43. The molecule has 1 N–H and O–H groups in total. The Morgan fingerprint density at radius 2 is 1.94 bits per heavy atom. The number of nitrogens with zero attached hydrogens (tertiary/aromatic N) is 6. The standard InChI is InChI=1S/C23H30ClN7O2/c1-3-30-23(32)28(2)20-15-25-22(27-21(20)31(30)17-6-4-5-7-17)26-16-8-9-19(18(24)14-16)29-10-12-33-13-11-29/h8-9,14-15,17H,3-7,10-13H2,1-2H3,(H,25,26,27). The number of halogens is 1. The predicted molar refractivity (Wildman–Crippen MR) is 131 cm³/mol. The summed E-state index contributed by atoms with van der Waals surface area (Å²) in [5.41, 5.74) is 2.54. The Morgan fingerprint density at radius 3 is 2.64 bits per heavy atom. The van der Waals surface area contributed by atoms with Crippen LogP contribution < -0.4 is 20.1 Å². The van der Waals surface area contributed by atoms with Gasteiger partial charge in [-0.15, -0.1) is 0 Å². The molecule has 0 bridgehead atoms. The second-order valence-electron chi connectivity index (χ2n) is 8.63. The topological polar surface area (TPSA) is 77.1 Å². The summed E-state index contributed by atoms with van der Waals surface area (Å²) < 4.78 is 5.44.